The summed E-state index contributed by atoms with van der Waals surface area (Å²) in [6, 6.07) is 5.08. The Balaban J connectivity index is 2.91. The van der Waals surface area contributed by atoms with Gasteiger partial charge in [-0.05, 0) is 61.5 Å². The smallest absolute Gasteiger partial charge is 0.408 e. The van der Waals surface area contributed by atoms with Crippen LogP contribution >= 0.6 is 11.8 Å². The van der Waals surface area contributed by atoms with E-state index >= 15 is 0 Å². The first-order chi connectivity index (χ1) is 22.0. The Morgan fingerprint density at radius 2 is 1.34 bits per heavy atom. The normalized spacial score (nSPS) is 15.1. The van der Waals surface area contributed by atoms with Gasteiger partial charge in [0, 0.05) is 6.04 Å². The van der Waals surface area contributed by atoms with Gasteiger partial charge in [-0.2, -0.15) is 11.8 Å². The van der Waals surface area contributed by atoms with E-state index in [9.17, 15) is 29.1 Å². The fraction of sp³-hybridized carbons (Fsp3) is 0.667. The molecule has 0 unspecified atom stereocenters. The summed E-state index contributed by atoms with van der Waals surface area (Å²) in [4.78, 5) is 63.3. The molecule has 266 valence electrons. The highest BCUT2D eigenvalue weighted by molar-refractivity contribution is 7.98. The van der Waals surface area contributed by atoms with Crippen molar-refractivity contribution in [3.8, 4) is 0 Å². The summed E-state index contributed by atoms with van der Waals surface area (Å²) < 4.78 is 5.28. The molecule has 0 aromatic heterocycles. The van der Waals surface area contributed by atoms with Crippen molar-refractivity contribution in [1.82, 2.24) is 26.6 Å². The molecule has 0 bridgehead atoms. The van der Waals surface area contributed by atoms with Gasteiger partial charge >= 0.3 is 12.2 Å². The molecule has 0 fully saturated rings. The molecule has 0 saturated carbocycles. The molecule has 0 saturated heterocycles. The molecule has 0 heterocycles. The largest absolute Gasteiger partial charge is 0.465 e. The van der Waals surface area contributed by atoms with E-state index in [0.717, 1.165) is 5.56 Å². The van der Waals surface area contributed by atoms with E-state index in [0.29, 0.717) is 18.6 Å². The number of thioether (sulfide) groups is 1. The minimum absolute atomic E-state index is 0.0595. The minimum atomic E-state index is -1.34. The maximum atomic E-state index is 13.5. The highest BCUT2D eigenvalue weighted by Gasteiger charge is 2.32. The number of carboxylic acid groups (broad SMARTS) is 1. The van der Waals surface area contributed by atoms with Crippen molar-refractivity contribution in [1.29, 1.82) is 0 Å². The number of rotatable bonds is 20. The number of aliphatic hydroxyl groups excluding tert-OH is 1. The fourth-order valence-corrected chi connectivity index (χ4v) is 5.35. The second-order valence-corrected chi connectivity index (χ2v) is 13.9. The van der Waals surface area contributed by atoms with Gasteiger partial charge in [0.1, 0.15) is 24.7 Å². The zero-order valence-electron chi connectivity index (χ0n) is 28.9. The van der Waals surface area contributed by atoms with E-state index in [2.05, 4.69) is 26.6 Å². The van der Waals surface area contributed by atoms with Crippen LogP contribution < -0.4 is 26.6 Å². The first kappa shape index (κ1) is 41.5. The minimum Gasteiger partial charge on any atom is -0.465 e. The van der Waals surface area contributed by atoms with Crippen LogP contribution in [0.15, 0.2) is 30.3 Å². The summed E-state index contributed by atoms with van der Waals surface area (Å²) in [5, 5.41) is 33.7. The number of ether oxygens (including phenoxy) is 1. The molecule has 1 aromatic rings. The van der Waals surface area contributed by atoms with Crippen LogP contribution in [0.5, 0.6) is 0 Å². The predicted molar refractivity (Wildman–Crippen MR) is 183 cm³/mol. The molecule has 13 nitrogen and oxygen atoms in total. The SMILES string of the molecule is CSCC[C@H](NC(=O)[C@@H](NC(=O)O)C(C)C)C(=O)N[C@@H](CC(C)C)[C@@H](O)C[C@@H](C)NC(=O)[C@@H](NC(=O)OCc1ccccc1)C(C)C. The molecule has 0 aliphatic heterocycles. The molecule has 7 N–H and O–H groups in total. The standard InChI is InChI=1S/C33H55N5O8S/c1-19(2)16-25(36-29(40)24(14-15-47-8)35-31(42)27(20(3)4)37-32(43)44)26(39)17-22(7)34-30(41)28(21(5)6)38-33(45)46-18-23-12-10-9-11-13-23/h9-13,19-22,24-28,37,39H,14-18H2,1-8H3,(H,34,41)(H,35,42)(H,36,40)(H,38,45)(H,43,44)/t22-,24+,25+,26+,27+,28+/m1/s1. The number of aliphatic hydroxyl groups is 1. The summed E-state index contributed by atoms with van der Waals surface area (Å²) in [7, 11) is 0. The molecule has 5 amide bonds. The molecule has 6 atom stereocenters. The lowest BCUT2D eigenvalue weighted by molar-refractivity contribution is -0.131. The number of amides is 5. The lowest BCUT2D eigenvalue weighted by Crippen LogP contribution is -2.58. The van der Waals surface area contributed by atoms with Gasteiger partial charge in [-0.15, -0.1) is 0 Å². The fourth-order valence-electron chi connectivity index (χ4n) is 4.88. The van der Waals surface area contributed by atoms with Gasteiger partial charge in [0.05, 0.1) is 12.1 Å². The molecule has 0 spiro atoms. The van der Waals surface area contributed by atoms with Gasteiger partial charge in [0.2, 0.25) is 17.7 Å². The van der Waals surface area contributed by atoms with Crippen molar-refractivity contribution in [3.05, 3.63) is 35.9 Å². The quantitative estimate of drug-likeness (QED) is 0.108. The number of carbonyl (C=O) groups is 5. The van der Waals surface area contributed by atoms with Gasteiger partial charge < -0.3 is 41.5 Å². The molecular weight excluding hydrogens is 626 g/mol. The first-order valence-corrected chi connectivity index (χ1v) is 17.5. The highest BCUT2D eigenvalue weighted by Crippen LogP contribution is 2.15. The summed E-state index contributed by atoms with van der Waals surface area (Å²) in [6.45, 7) is 12.7. The maximum absolute atomic E-state index is 13.5. The summed E-state index contributed by atoms with van der Waals surface area (Å²) in [6.07, 6.45) is -0.423. The number of hydrogen-bond acceptors (Lipinski definition) is 8. The van der Waals surface area contributed by atoms with Crippen LogP contribution in [0.3, 0.4) is 0 Å². The van der Waals surface area contributed by atoms with Crippen LogP contribution in [-0.2, 0) is 25.7 Å². The molecular formula is C33H55N5O8S. The summed E-state index contributed by atoms with van der Waals surface area (Å²) in [5.74, 6) is -1.49. The van der Waals surface area contributed by atoms with Crippen LogP contribution in [0.2, 0.25) is 0 Å². The average molecular weight is 682 g/mol. The molecule has 0 aliphatic rings. The lowest BCUT2D eigenvalue weighted by atomic mass is 9.94. The number of hydrogen-bond donors (Lipinski definition) is 7. The van der Waals surface area contributed by atoms with Crippen molar-refractivity contribution in [2.24, 2.45) is 17.8 Å². The lowest BCUT2D eigenvalue weighted by Gasteiger charge is -2.31. The summed E-state index contributed by atoms with van der Waals surface area (Å²) >= 11 is 1.49. The van der Waals surface area contributed by atoms with Gasteiger partial charge in [-0.3, -0.25) is 14.4 Å². The van der Waals surface area contributed by atoms with E-state index in [1.165, 1.54) is 11.8 Å². The number of alkyl carbamates (subject to hydrolysis) is 1. The number of carbonyl (C=O) groups excluding carboxylic acids is 4. The van der Waals surface area contributed by atoms with E-state index in [1.54, 1.807) is 34.6 Å². The Bertz CT molecular complexity index is 1140. The third-order valence-corrected chi connectivity index (χ3v) is 8.05. The summed E-state index contributed by atoms with van der Waals surface area (Å²) in [5.41, 5.74) is 0.812. The second-order valence-electron chi connectivity index (χ2n) is 12.9. The third kappa shape index (κ3) is 16.2. The van der Waals surface area contributed by atoms with E-state index in [1.807, 2.05) is 50.4 Å². The second kappa shape index (κ2) is 21.4. The Kier molecular flexibility index (Phi) is 18.9. The van der Waals surface area contributed by atoms with Crippen LogP contribution in [0, 0.1) is 17.8 Å². The molecule has 0 radical (unpaired) electrons. The van der Waals surface area contributed by atoms with Gasteiger partial charge in [-0.25, -0.2) is 9.59 Å². The van der Waals surface area contributed by atoms with Crippen LogP contribution in [0.1, 0.15) is 73.3 Å². The Hall–Kier alpha value is -3.52. The maximum Gasteiger partial charge on any atom is 0.408 e. The Morgan fingerprint density at radius 1 is 0.766 bits per heavy atom. The van der Waals surface area contributed by atoms with Crippen molar-refractivity contribution in [3.63, 3.8) is 0 Å². The first-order valence-electron chi connectivity index (χ1n) is 16.1. The van der Waals surface area contributed by atoms with Crippen molar-refractivity contribution >= 4 is 41.7 Å². The average Bonchev–Trinajstić information content (AvgIpc) is 2.98. The van der Waals surface area contributed by atoms with Crippen molar-refractivity contribution < 1.29 is 38.9 Å². The molecule has 1 aromatic carbocycles. The van der Waals surface area contributed by atoms with E-state index < -0.39 is 66.2 Å². The monoisotopic (exact) mass is 681 g/mol. The number of nitrogens with one attached hydrogen (secondary N) is 5. The zero-order chi connectivity index (χ0) is 35.7. The predicted octanol–water partition coefficient (Wildman–Crippen LogP) is 3.25. The zero-order valence-corrected chi connectivity index (χ0v) is 29.7. The molecule has 0 aliphatic carbocycles. The van der Waals surface area contributed by atoms with Crippen molar-refractivity contribution in [2.75, 3.05) is 12.0 Å². The van der Waals surface area contributed by atoms with E-state index in [4.69, 9.17) is 9.84 Å². The van der Waals surface area contributed by atoms with E-state index in [-0.39, 0.29) is 30.8 Å². The van der Waals surface area contributed by atoms with Crippen LogP contribution in [0.4, 0.5) is 9.59 Å². The van der Waals surface area contributed by atoms with Crippen LogP contribution in [0.25, 0.3) is 0 Å². The third-order valence-electron chi connectivity index (χ3n) is 7.41. The molecule has 47 heavy (non-hydrogen) atoms. The topological polar surface area (TPSA) is 195 Å². The van der Waals surface area contributed by atoms with Crippen molar-refractivity contribution in [2.45, 2.75) is 111 Å². The molecule has 1 rings (SSSR count). The number of benzene rings is 1. The highest BCUT2D eigenvalue weighted by atomic mass is 32.2. The molecule has 14 heteroatoms. The van der Waals surface area contributed by atoms with Gasteiger partial charge in [0.25, 0.3) is 0 Å². The Morgan fingerprint density at radius 3 is 1.87 bits per heavy atom. The van der Waals surface area contributed by atoms with Gasteiger partial charge in [-0.1, -0.05) is 71.9 Å². The Labute approximate surface area is 283 Å². The van der Waals surface area contributed by atoms with Gasteiger partial charge in [0.15, 0.2) is 0 Å². The van der Waals surface area contributed by atoms with Crippen LogP contribution in [-0.4, -0.2) is 88.4 Å².